The fourth-order valence-electron chi connectivity index (χ4n) is 1.59. The number of furan rings is 1. The average Bonchev–Trinajstić information content (AvgIpc) is 2.63. The Kier molecular flexibility index (Phi) is 2.61. The zero-order valence-electron chi connectivity index (χ0n) is 8.75. The lowest BCUT2D eigenvalue weighted by atomic mass is 9.88. The fourth-order valence-corrected chi connectivity index (χ4v) is 1.59. The Bertz CT molecular complexity index is 277. The second-order valence-corrected chi connectivity index (χ2v) is 4.42. The van der Waals surface area contributed by atoms with Crippen LogP contribution >= 0.6 is 0 Å². The van der Waals surface area contributed by atoms with Crippen molar-refractivity contribution in [1.29, 1.82) is 0 Å². The van der Waals surface area contributed by atoms with E-state index in [0.717, 1.165) is 25.5 Å². The van der Waals surface area contributed by atoms with Crippen LogP contribution in [-0.4, -0.2) is 19.8 Å². The largest absolute Gasteiger partial charge is 0.468 e. The average molecular weight is 195 g/mol. The Balaban J connectivity index is 1.80. The maximum Gasteiger partial charge on any atom is 0.120 e. The van der Waals surface area contributed by atoms with E-state index >= 15 is 0 Å². The van der Waals surface area contributed by atoms with Crippen molar-refractivity contribution < 1.29 is 9.15 Å². The lowest BCUT2D eigenvalue weighted by molar-refractivity contribution is -0.100. The highest BCUT2D eigenvalue weighted by Crippen LogP contribution is 2.26. The standard InChI is InChI=1S/C11H17NO2/c1-9(10-4-3-5-14-10)12-6-11(2)7-13-8-11/h3-5,9,12H,6-8H2,1-2H3. The van der Waals surface area contributed by atoms with Gasteiger partial charge in [-0.25, -0.2) is 0 Å². The molecule has 1 unspecified atom stereocenters. The maximum atomic E-state index is 5.32. The van der Waals surface area contributed by atoms with E-state index in [9.17, 15) is 0 Å². The van der Waals surface area contributed by atoms with Crippen LogP contribution in [0.3, 0.4) is 0 Å². The monoisotopic (exact) mass is 195 g/mol. The van der Waals surface area contributed by atoms with Crippen molar-refractivity contribution in [1.82, 2.24) is 5.32 Å². The molecule has 1 atom stereocenters. The summed E-state index contributed by atoms with van der Waals surface area (Å²) in [6.45, 7) is 7.06. The first-order valence-electron chi connectivity index (χ1n) is 5.04. The van der Waals surface area contributed by atoms with Crippen LogP contribution < -0.4 is 5.32 Å². The molecule has 1 aliphatic rings. The molecular weight excluding hydrogens is 178 g/mol. The predicted molar refractivity (Wildman–Crippen MR) is 54.1 cm³/mol. The second-order valence-electron chi connectivity index (χ2n) is 4.42. The molecule has 1 aromatic rings. The normalized spacial score (nSPS) is 21.6. The van der Waals surface area contributed by atoms with Crippen LogP contribution in [0.1, 0.15) is 25.6 Å². The molecular formula is C11H17NO2. The minimum absolute atomic E-state index is 0.280. The molecule has 0 bridgehead atoms. The number of ether oxygens (including phenoxy) is 1. The SMILES string of the molecule is CC(NCC1(C)COC1)c1ccco1. The van der Waals surface area contributed by atoms with Crippen LogP contribution in [0, 0.1) is 5.41 Å². The molecule has 1 saturated heterocycles. The van der Waals surface area contributed by atoms with Crippen LogP contribution in [0.15, 0.2) is 22.8 Å². The van der Waals surface area contributed by atoms with E-state index in [1.807, 2.05) is 12.1 Å². The molecule has 0 saturated carbocycles. The van der Waals surface area contributed by atoms with Gasteiger partial charge in [-0.2, -0.15) is 0 Å². The van der Waals surface area contributed by atoms with Gasteiger partial charge in [0.05, 0.1) is 25.5 Å². The molecule has 78 valence electrons. The van der Waals surface area contributed by atoms with Crippen LogP contribution in [0.25, 0.3) is 0 Å². The van der Waals surface area contributed by atoms with E-state index in [4.69, 9.17) is 9.15 Å². The maximum absolute atomic E-state index is 5.32. The van der Waals surface area contributed by atoms with Crippen molar-refractivity contribution in [3.8, 4) is 0 Å². The number of rotatable bonds is 4. The highest BCUT2D eigenvalue weighted by atomic mass is 16.5. The van der Waals surface area contributed by atoms with Gasteiger partial charge in [-0.3, -0.25) is 0 Å². The molecule has 2 heterocycles. The van der Waals surface area contributed by atoms with Crippen LogP contribution in [-0.2, 0) is 4.74 Å². The third-order valence-corrected chi connectivity index (χ3v) is 2.71. The third kappa shape index (κ3) is 1.99. The van der Waals surface area contributed by atoms with Crippen molar-refractivity contribution in [2.45, 2.75) is 19.9 Å². The van der Waals surface area contributed by atoms with Crippen molar-refractivity contribution in [3.05, 3.63) is 24.2 Å². The first kappa shape index (κ1) is 9.74. The van der Waals surface area contributed by atoms with Crippen molar-refractivity contribution >= 4 is 0 Å². The Morgan fingerprint density at radius 1 is 1.57 bits per heavy atom. The minimum Gasteiger partial charge on any atom is -0.468 e. The number of hydrogen-bond donors (Lipinski definition) is 1. The summed E-state index contributed by atoms with van der Waals surface area (Å²) in [5, 5.41) is 3.45. The van der Waals surface area contributed by atoms with E-state index in [1.54, 1.807) is 6.26 Å². The van der Waals surface area contributed by atoms with Gasteiger partial charge in [0, 0.05) is 12.0 Å². The Morgan fingerprint density at radius 3 is 2.86 bits per heavy atom. The second kappa shape index (κ2) is 3.75. The molecule has 1 fully saturated rings. The van der Waals surface area contributed by atoms with Crippen molar-refractivity contribution in [2.24, 2.45) is 5.41 Å². The quantitative estimate of drug-likeness (QED) is 0.797. The molecule has 0 radical (unpaired) electrons. The van der Waals surface area contributed by atoms with Crippen LogP contribution in [0.5, 0.6) is 0 Å². The first-order chi connectivity index (χ1) is 6.70. The zero-order valence-corrected chi connectivity index (χ0v) is 8.75. The van der Waals surface area contributed by atoms with E-state index < -0.39 is 0 Å². The summed E-state index contributed by atoms with van der Waals surface area (Å²) in [6.07, 6.45) is 1.71. The summed E-state index contributed by atoms with van der Waals surface area (Å²) in [7, 11) is 0. The molecule has 0 aromatic carbocycles. The molecule has 3 heteroatoms. The van der Waals surface area contributed by atoms with Gasteiger partial charge < -0.3 is 14.5 Å². The zero-order chi connectivity index (χ0) is 10.0. The lowest BCUT2D eigenvalue weighted by Crippen LogP contribution is -2.47. The molecule has 2 rings (SSSR count). The van der Waals surface area contributed by atoms with Crippen LogP contribution in [0.4, 0.5) is 0 Å². The lowest BCUT2D eigenvalue weighted by Gasteiger charge is -2.38. The minimum atomic E-state index is 0.280. The summed E-state index contributed by atoms with van der Waals surface area (Å²) >= 11 is 0. The molecule has 0 aliphatic carbocycles. The smallest absolute Gasteiger partial charge is 0.120 e. The Labute approximate surface area is 84.4 Å². The van der Waals surface area contributed by atoms with Crippen molar-refractivity contribution in [3.63, 3.8) is 0 Å². The van der Waals surface area contributed by atoms with Crippen LogP contribution in [0.2, 0.25) is 0 Å². The van der Waals surface area contributed by atoms with Gasteiger partial charge in [0.15, 0.2) is 0 Å². The number of nitrogens with one attached hydrogen (secondary N) is 1. The van der Waals surface area contributed by atoms with E-state index in [0.29, 0.717) is 5.41 Å². The van der Waals surface area contributed by atoms with E-state index in [1.165, 1.54) is 0 Å². The topological polar surface area (TPSA) is 34.4 Å². The summed E-state index contributed by atoms with van der Waals surface area (Å²) in [4.78, 5) is 0. The Morgan fingerprint density at radius 2 is 2.36 bits per heavy atom. The van der Waals surface area contributed by atoms with E-state index in [2.05, 4.69) is 19.2 Å². The third-order valence-electron chi connectivity index (χ3n) is 2.71. The molecule has 1 aliphatic heterocycles. The molecule has 0 amide bonds. The van der Waals surface area contributed by atoms with Gasteiger partial charge >= 0.3 is 0 Å². The summed E-state index contributed by atoms with van der Waals surface area (Å²) in [6, 6.07) is 4.20. The molecule has 1 aromatic heterocycles. The van der Waals surface area contributed by atoms with Gasteiger partial charge in [-0.05, 0) is 19.1 Å². The van der Waals surface area contributed by atoms with Gasteiger partial charge in [-0.15, -0.1) is 0 Å². The molecule has 14 heavy (non-hydrogen) atoms. The highest BCUT2D eigenvalue weighted by molar-refractivity contribution is 5.03. The molecule has 3 nitrogen and oxygen atoms in total. The summed E-state index contributed by atoms with van der Waals surface area (Å²) in [5.41, 5.74) is 0.320. The predicted octanol–water partition coefficient (Wildman–Crippen LogP) is 1.97. The van der Waals surface area contributed by atoms with E-state index in [-0.39, 0.29) is 6.04 Å². The number of hydrogen-bond acceptors (Lipinski definition) is 3. The van der Waals surface area contributed by atoms with Gasteiger partial charge in [-0.1, -0.05) is 6.92 Å². The van der Waals surface area contributed by atoms with Gasteiger partial charge in [0.25, 0.3) is 0 Å². The highest BCUT2D eigenvalue weighted by Gasteiger charge is 2.33. The molecule has 0 spiro atoms. The van der Waals surface area contributed by atoms with Gasteiger partial charge in [0.1, 0.15) is 5.76 Å². The summed E-state index contributed by atoms with van der Waals surface area (Å²) in [5.74, 6) is 0.994. The fraction of sp³-hybridized carbons (Fsp3) is 0.636. The first-order valence-corrected chi connectivity index (χ1v) is 5.04. The van der Waals surface area contributed by atoms with Gasteiger partial charge in [0.2, 0.25) is 0 Å². The molecule has 1 N–H and O–H groups in total. The Hall–Kier alpha value is -0.800. The summed E-state index contributed by atoms with van der Waals surface area (Å²) < 4.78 is 10.5. The van der Waals surface area contributed by atoms with Crippen molar-refractivity contribution in [2.75, 3.05) is 19.8 Å².